The lowest BCUT2D eigenvalue weighted by Gasteiger charge is -2.20. The molecule has 116 valence electrons. The maximum Gasteiger partial charge on any atom is 0.481 e. The van der Waals surface area contributed by atoms with Crippen molar-refractivity contribution in [2.45, 2.75) is 64.9 Å². The van der Waals surface area contributed by atoms with Crippen molar-refractivity contribution in [3.63, 3.8) is 0 Å². The molecule has 9 heteroatoms. The molecule has 1 aliphatic carbocycles. The van der Waals surface area contributed by atoms with Crippen molar-refractivity contribution in [3.05, 3.63) is 0 Å². The maximum absolute atomic E-state index is 11.4. The predicted molar refractivity (Wildman–Crippen MR) is 71.5 cm³/mol. The topological polar surface area (TPSA) is 113 Å². The molecule has 0 spiro atoms. The van der Waals surface area contributed by atoms with E-state index in [1.165, 1.54) is 0 Å². The van der Waals surface area contributed by atoms with Crippen molar-refractivity contribution in [1.82, 2.24) is 0 Å². The summed E-state index contributed by atoms with van der Waals surface area (Å²) >= 11 is 0. The van der Waals surface area contributed by atoms with Gasteiger partial charge in [0.05, 0.1) is 6.10 Å². The van der Waals surface area contributed by atoms with Crippen LogP contribution in [0, 0.1) is 0 Å². The summed E-state index contributed by atoms with van der Waals surface area (Å²) in [5.41, 5.74) is 0. The molecule has 1 fully saturated rings. The second kappa shape index (κ2) is 8.53. The quantitative estimate of drug-likeness (QED) is 0.681. The average molecular weight is 318 g/mol. The van der Waals surface area contributed by atoms with Crippen LogP contribution < -0.4 is 0 Å². The van der Waals surface area contributed by atoms with Crippen LogP contribution >= 0.6 is 15.6 Å². The molecule has 0 aromatic rings. The van der Waals surface area contributed by atoms with Crippen LogP contribution in [0.3, 0.4) is 0 Å². The Balaban J connectivity index is 0.00000324. The third kappa shape index (κ3) is 9.74. The second-order valence-corrected chi connectivity index (χ2v) is 7.25. The molecule has 1 atom stereocenters. The molecule has 0 aliphatic heterocycles. The van der Waals surface area contributed by atoms with Crippen molar-refractivity contribution in [1.29, 1.82) is 0 Å². The zero-order chi connectivity index (χ0) is 13.6. The summed E-state index contributed by atoms with van der Waals surface area (Å²) in [5, 5.41) is 0. The highest BCUT2D eigenvalue weighted by Crippen LogP contribution is 2.58. The van der Waals surface area contributed by atoms with Gasteiger partial charge < -0.3 is 14.7 Å². The number of phosphoric acid groups is 2. The molecule has 1 unspecified atom stereocenters. The van der Waals surface area contributed by atoms with E-state index in [4.69, 9.17) is 14.3 Å². The van der Waals surface area contributed by atoms with Crippen LogP contribution in [0.25, 0.3) is 0 Å². The van der Waals surface area contributed by atoms with E-state index in [9.17, 15) is 14.0 Å². The molecule has 0 heterocycles. The summed E-state index contributed by atoms with van der Waals surface area (Å²) < 4.78 is 30.6. The summed E-state index contributed by atoms with van der Waals surface area (Å²) in [5.74, 6) is 0. The van der Waals surface area contributed by atoms with Gasteiger partial charge in [0.25, 0.3) is 0 Å². The molecule has 0 amide bonds. The zero-order valence-electron chi connectivity index (χ0n) is 10.1. The van der Waals surface area contributed by atoms with E-state index < -0.39 is 21.7 Å². The molecule has 3 N–H and O–H groups in total. The number of phosphoric ester groups is 1. The first-order valence-electron chi connectivity index (χ1n) is 6.07. The Labute approximate surface area is 114 Å². The molecule has 1 rings (SSSR count). The molecule has 0 radical (unpaired) electrons. The Hall–Kier alpha value is 0.260. The molecule has 7 nitrogen and oxygen atoms in total. The second-order valence-electron chi connectivity index (χ2n) is 4.47. The summed E-state index contributed by atoms with van der Waals surface area (Å²) in [6, 6.07) is 0. The lowest BCUT2D eigenvalue weighted by Crippen LogP contribution is -2.12. The van der Waals surface area contributed by atoms with Gasteiger partial charge in [-0.25, -0.2) is 9.13 Å². The van der Waals surface area contributed by atoms with Crippen LogP contribution in [0.5, 0.6) is 0 Å². The Bertz CT molecular complexity index is 331. The van der Waals surface area contributed by atoms with E-state index >= 15 is 0 Å². The van der Waals surface area contributed by atoms with Crippen molar-refractivity contribution >= 4 is 15.6 Å². The predicted octanol–water partition coefficient (Wildman–Crippen LogP) is 3.35. The summed E-state index contributed by atoms with van der Waals surface area (Å²) in [6.07, 6.45) is 6.84. The molecule has 19 heavy (non-hydrogen) atoms. The standard InChI is InChI=1S/C9H20O7P2.CH4/c10-17(11,12)16-18(13,14)15-9-7-5-3-1-2-4-6-8-9;/h9H,1-8H2,(H,13,14)(H2,10,11,12);1H4. The first kappa shape index (κ1) is 19.3. The van der Waals surface area contributed by atoms with Gasteiger partial charge in [-0.15, -0.1) is 0 Å². The molecule has 0 aromatic carbocycles. The number of hydrogen-bond donors (Lipinski definition) is 3. The Morgan fingerprint density at radius 2 is 1.26 bits per heavy atom. The fourth-order valence-electron chi connectivity index (χ4n) is 2.04. The van der Waals surface area contributed by atoms with Gasteiger partial charge in [0.2, 0.25) is 0 Å². The highest BCUT2D eigenvalue weighted by molar-refractivity contribution is 7.60. The summed E-state index contributed by atoms with van der Waals surface area (Å²) in [4.78, 5) is 26.3. The Morgan fingerprint density at radius 1 is 0.842 bits per heavy atom. The minimum atomic E-state index is -5.02. The van der Waals surface area contributed by atoms with Crippen molar-refractivity contribution in [2.24, 2.45) is 0 Å². The van der Waals surface area contributed by atoms with E-state index in [1.807, 2.05) is 0 Å². The SMILES string of the molecule is C.O=P(O)(O)OP(=O)(O)OC1CCCCCCCC1. The van der Waals surface area contributed by atoms with Crippen molar-refractivity contribution in [2.75, 3.05) is 0 Å². The average Bonchev–Trinajstić information content (AvgIpc) is 2.27. The van der Waals surface area contributed by atoms with Gasteiger partial charge in [-0.3, -0.25) is 4.52 Å². The van der Waals surface area contributed by atoms with Crippen molar-refractivity contribution < 1.29 is 32.6 Å². The molecule has 0 aromatic heterocycles. The van der Waals surface area contributed by atoms with Gasteiger partial charge in [-0.05, 0) is 12.8 Å². The van der Waals surface area contributed by atoms with Gasteiger partial charge in [0, 0.05) is 0 Å². The van der Waals surface area contributed by atoms with E-state index in [1.54, 1.807) is 0 Å². The number of hydrogen-bond acceptors (Lipinski definition) is 4. The van der Waals surface area contributed by atoms with Gasteiger partial charge in [0.15, 0.2) is 0 Å². The highest BCUT2D eigenvalue weighted by Gasteiger charge is 2.34. The molecule has 0 bridgehead atoms. The highest BCUT2D eigenvalue weighted by atomic mass is 31.3. The summed E-state index contributed by atoms with van der Waals surface area (Å²) in [6.45, 7) is 0. The van der Waals surface area contributed by atoms with Crippen LogP contribution in [0.2, 0.25) is 0 Å². The summed E-state index contributed by atoms with van der Waals surface area (Å²) in [7, 11) is -9.71. The van der Waals surface area contributed by atoms with Crippen LogP contribution in [0.15, 0.2) is 0 Å². The lowest BCUT2D eigenvalue weighted by molar-refractivity contribution is 0.113. The fourth-order valence-corrected chi connectivity index (χ4v) is 3.86. The van der Waals surface area contributed by atoms with E-state index in [2.05, 4.69) is 4.31 Å². The van der Waals surface area contributed by atoms with Crippen LogP contribution in [0.4, 0.5) is 0 Å². The van der Waals surface area contributed by atoms with Crippen LogP contribution in [0.1, 0.15) is 58.8 Å². The van der Waals surface area contributed by atoms with Gasteiger partial charge in [-0.1, -0.05) is 46.0 Å². The smallest absolute Gasteiger partial charge is 0.302 e. The molecule has 1 aliphatic rings. The third-order valence-electron chi connectivity index (χ3n) is 2.79. The van der Waals surface area contributed by atoms with Crippen LogP contribution in [-0.4, -0.2) is 20.8 Å². The Morgan fingerprint density at radius 3 is 1.68 bits per heavy atom. The molecule has 0 saturated heterocycles. The maximum atomic E-state index is 11.4. The first-order chi connectivity index (χ1) is 8.29. The molecular formula is C10H24O7P2. The Kier molecular flexibility index (Phi) is 8.64. The van der Waals surface area contributed by atoms with Gasteiger partial charge in [0.1, 0.15) is 0 Å². The van der Waals surface area contributed by atoms with Gasteiger partial charge >= 0.3 is 15.6 Å². The minimum Gasteiger partial charge on any atom is -0.302 e. The molecular weight excluding hydrogens is 294 g/mol. The fraction of sp³-hybridized carbons (Fsp3) is 1.00. The normalized spacial score (nSPS) is 22.5. The first-order valence-corrected chi connectivity index (χ1v) is 9.09. The third-order valence-corrected chi connectivity index (χ3v) is 5.03. The van der Waals surface area contributed by atoms with Gasteiger partial charge in [-0.2, -0.15) is 4.31 Å². The van der Waals surface area contributed by atoms with Crippen LogP contribution in [-0.2, 0) is 18.0 Å². The minimum absolute atomic E-state index is 0. The lowest BCUT2D eigenvalue weighted by atomic mass is 10.1. The van der Waals surface area contributed by atoms with E-state index in [0.717, 1.165) is 38.5 Å². The van der Waals surface area contributed by atoms with E-state index in [-0.39, 0.29) is 7.43 Å². The van der Waals surface area contributed by atoms with E-state index in [0.29, 0.717) is 12.8 Å². The largest absolute Gasteiger partial charge is 0.481 e. The number of rotatable bonds is 4. The van der Waals surface area contributed by atoms with Crippen molar-refractivity contribution in [3.8, 4) is 0 Å². The zero-order valence-corrected chi connectivity index (χ0v) is 11.9. The monoisotopic (exact) mass is 318 g/mol. The molecule has 1 saturated carbocycles.